The minimum Gasteiger partial charge on any atom is -0.481 e. The fraction of sp³-hybridized carbons (Fsp3) is 0.867. The van der Waals surface area contributed by atoms with Crippen LogP contribution < -0.4 is 0 Å². The first-order valence-corrected chi connectivity index (χ1v) is 7.52. The third-order valence-electron chi connectivity index (χ3n) is 4.08. The monoisotopic (exact) mass is 284 g/mol. The zero-order valence-electron chi connectivity index (χ0n) is 13.1. The molecule has 116 valence electrons. The summed E-state index contributed by atoms with van der Waals surface area (Å²) < 4.78 is 0. The Morgan fingerprint density at radius 1 is 1.35 bits per heavy atom. The molecule has 5 heteroatoms. The molecule has 1 heterocycles. The number of likely N-dealkylation sites (N-methyl/N-ethyl adjacent to an activating group) is 1. The molecule has 0 aromatic heterocycles. The molecule has 1 aliphatic heterocycles. The fourth-order valence-corrected chi connectivity index (χ4v) is 2.79. The molecule has 0 aromatic rings. The van der Waals surface area contributed by atoms with Crippen molar-refractivity contribution in [3.05, 3.63) is 0 Å². The van der Waals surface area contributed by atoms with Crippen molar-refractivity contribution >= 4 is 11.9 Å². The standard InChI is InChI=1S/C15H28N2O3/c1-11(2)8-12(3)16(4)14(18)10-17-7-5-6-13(9-17)15(19)20/h11-13H,5-10H2,1-4H3,(H,19,20). The number of amides is 1. The van der Waals surface area contributed by atoms with Crippen LogP contribution in [0.25, 0.3) is 0 Å². The lowest BCUT2D eigenvalue weighted by molar-refractivity contribution is -0.145. The van der Waals surface area contributed by atoms with Crippen LogP contribution in [-0.2, 0) is 9.59 Å². The van der Waals surface area contributed by atoms with E-state index in [1.807, 2.05) is 11.9 Å². The van der Waals surface area contributed by atoms with Gasteiger partial charge in [0.1, 0.15) is 0 Å². The molecule has 0 spiro atoms. The first kappa shape index (κ1) is 17.0. The number of rotatable bonds is 6. The topological polar surface area (TPSA) is 60.9 Å². The molecule has 0 bridgehead atoms. The predicted octanol–water partition coefficient (Wildman–Crippen LogP) is 1.68. The second-order valence-corrected chi connectivity index (χ2v) is 6.40. The second-order valence-electron chi connectivity index (χ2n) is 6.40. The zero-order chi connectivity index (χ0) is 15.3. The van der Waals surface area contributed by atoms with Gasteiger partial charge in [-0.1, -0.05) is 13.8 Å². The number of carbonyl (C=O) groups excluding carboxylic acids is 1. The van der Waals surface area contributed by atoms with Crippen molar-refractivity contribution in [3.8, 4) is 0 Å². The van der Waals surface area contributed by atoms with E-state index in [9.17, 15) is 9.59 Å². The Bertz CT molecular complexity index is 344. The third-order valence-corrected chi connectivity index (χ3v) is 4.08. The number of piperidine rings is 1. The average molecular weight is 284 g/mol. The Hall–Kier alpha value is -1.10. The number of hydrogen-bond donors (Lipinski definition) is 1. The fourth-order valence-electron chi connectivity index (χ4n) is 2.79. The molecule has 1 saturated heterocycles. The molecule has 0 aromatic carbocycles. The van der Waals surface area contributed by atoms with Crippen molar-refractivity contribution in [3.63, 3.8) is 0 Å². The van der Waals surface area contributed by atoms with Gasteiger partial charge in [0.15, 0.2) is 0 Å². The minimum absolute atomic E-state index is 0.0872. The Morgan fingerprint density at radius 2 is 2.00 bits per heavy atom. The number of hydrogen-bond acceptors (Lipinski definition) is 3. The highest BCUT2D eigenvalue weighted by Crippen LogP contribution is 2.17. The van der Waals surface area contributed by atoms with E-state index in [4.69, 9.17) is 5.11 Å². The van der Waals surface area contributed by atoms with Crippen LogP contribution in [0.3, 0.4) is 0 Å². The molecule has 1 fully saturated rings. The molecule has 0 radical (unpaired) electrons. The first-order valence-electron chi connectivity index (χ1n) is 7.52. The van der Waals surface area contributed by atoms with Crippen molar-refractivity contribution in [2.75, 3.05) is 26.7 Å². The van der Waals surface area contributed by atoms with Gasteiger partial charge in [-0.25, -0.2) is 0 Å². The lowest BCUT2D eigenvalue weighted by atomic mass is 9.98. The number of carboxylic acids is 1. The highest BCUT2D eigenvalue weighted by Gasteiger charge is 2.27. The van der Waals surface area contributed by atoms with Crippen molar-refractivity contribution in [2.45, 2.75) is 46.1 Å². The van der Waals surface area contributed by atoms with Crippen LogP contribution in [-0.4, -0.2) is 59.5 Å². The quantitative estimate of drug-likeness (QED) is 0.806. The largest absolute Gasteiger partial charge is 0.481 e. The summed E-state index contributed by atoms with van der Waals surface area (Å²) in [5.74, 6) is -0.422. The van der Waals surface area contributed by atoms with E-state index in [2.05, 4.69) is 20.8 Å². The van der Waals surface area contributed by atoms with Gasteiger partial charge in [0.05, 0.1) is 12.5 Å². The van der Waals surface area contributed by atoms with Crippen molar-refractivity contribution < 1.29 is 14.7 Å². The molecular formula is C15H28N2O3. The van der Waals surface area contributed by atoms with Crippen LogP contribution in [0.4, 0.5) is 0 Å². The van der Waals surface area contributed by atoms with E-state index in [1.54, 1.807) is 4.90 Å². The first-order chi connectivity index (χ1) is 9.31. The summed E-state index contributed by atoms with van der Waals surface area (Å²) in [4.78, 5) is 27.0. The van der Waals surface area contributed by atoms with Gasteiger partial charge >= 0.3 is 5.97 Å². The smallest absolute Gasteiger partial charge is 0.307 e. The Morgan fingerprint density at radius 3 is 2.55 bits per heavy atom. The van der Waals surface area contributed by atoms with Crippen LogP contribution in [0.5, 0.6) is 0 Å². The van der Waals surface area contributed by atoms with E-state index in [0.717, 1.165) is 25.8 Å². The van der Waals surface area contributed by atoms with Crippen LogP contribution in [0, 0.1) is 11.8 Å². The van der Waals surface area contributed by atoms with Crippen molar-refractivity contribution in [2.24, 2.45) is 11.8 Å². The van der Waals surface area contributed by atoms with Gasteiger partial charge in [-0.15, -0.1) is 0 Å². The molecule has 5 nitrogen and oxygen atoms in total. The van der Waals surface area contributed by atoms with Gasteiger partial charge in [0.2, 0.25) is 5.91 Å². The Balaban J connectivity index is 2.46. The number of carboxylic acid groups (broad SMARTS) is 1. The third kappa shape index (κ3) is 5.12. The summed E-state index contributed by atoms with van der Waals surface area (Å²) >= 11 is 0. The maximum atomic E-state index is 12.2. The maximum Gasteiger partial charge on any atom is 0.307 e. The van der Waals surface area contributed by atoms with Crippen LogP contribution in [0.2, 0.25) is 0 Å². The van der Waals surface area contributed by atoms with E-state index >= 15 is 0 Å². The summed E-state index contributed by atoms with van der Waals surface area (Å²) in [6, 6.07) is 0.225. The molecule has 1 rings (SSSR count). The zero-order valence-corrected chi connectivity index (χ0v) is 13.1. The highest BCUT2D eigenvalue weighted by molar-refractivity contribution is 5.78. The van der Waals surface area contributed by atoms with Gasteiger partial charge < -0.3 is 10.0 Å². The lowest BCUT2D eigenvalue weighted by Crippen LogP contribution is -2.46. The van der Waals surface area contributed by atoms with Gasteiger partial charge in [-0.05, 0) is 38.6 Å². The number of nitrogens with zero attached hydrogens (tertiary/aromatic N) is 2. The molecule has 1 amide bonds. The molecule has 0 aliphatic carbocycles. The van der Waals surface area contributed by atoms with Crippen LogP contribution >= 0.6 is 0 Å². The van der Waals surface area contributed by atoms with Gasteiger partial charge in [0, 0.05) is 19.6 Å². The number of aliphatic carboxylic acids is 1. The van der Waals surface area contributed by atoms with Gasteiger partial charge in [-0.3, -0.25) is 14.5 Å². The summed E-state index contributed by atoms with van der Waals surface area (Å²) in [7, 11) is 1.84. The average Bonchev–Trinajstić information content (AvgIpc) is 2.37. The van der Waals surface area contributed by atoms with Crippen molar-refractivity contribution in [1.82, 2.24) is 9.80 Å². The molecule has 1 aliphatic rings. The minimum atomic E-state index is -0.747. The number of likely N-dealkylation sites (tertiary alicyclic amines) is 1. The molecule has 20 heavy (non-hydrogen) atoms. The van der Waals surface area contributed by atoms with E-state index < -0.39 is 5.97 Å². The maximum absolute atomic E-state index is 12.2. The summed E-state index contributed by atoms with van der Waals surface area (Å²) in [5, 5.41) is 9.06. The highest BCUT2D eigenvalue weighted by atomic mass is 16.4. The van der Waals surface area contributed by atoms with E-state index in [0.29, 0.717) is 19.0 Å². The molecule has 2 atom stereocenters. The summed E-state index contributed by atoms with van der Waals surface area (Å²) in [6.07, 6.45) is 2.56. The van der Waals surface area contributed by atoms with Crippen LogP contribution in [0.1, 0.15) is 40.0 Å². The molecule has 2 unspecified atom stereocenters. The number of carbonyl (C=O) groups is 2. The van der Waals surface area contributed by atoms with Gasteiger partial charge in [0.25, 0.3) is 0 Å². The normalized spacial score (nSPS) is 21.8. The van der Waals surface area contributed by atoms with Gasteiger partial charge in [-0.2, -0.15) is 0 Å². The van der Waals surface area contributed by atoms with E-state index in [1.165, 1.54) is 0 Å². The second kappa shape index (κ2) is 7.62. The van der Waals surface area contributed by atoms with Crippen molar-refractivity contribution in [1.29, 1.82) is 0 Å². The lowest BCUT2D eigenvalue weighted by Gasteiger charge is -2.33. The van der Waals surface area contributed by atoms with E-state index in [-0.39, 0.29) is 17.9 Å². The molecule has 0 saturated carbocycles. The predicted molar refractivity (Wildman–Crippen MR) is 78.5 cm³/mol. The Labute approximate surface area is 121 Å². The summed E-state index contributed by atoms with van der Waals surface area (Å²) in [5.41, 5.74) is 0. The SMILES string of the molecule is CC(C)CC(C)N(C)C(=O)CN1CCCC(C(=O)O)C1. The molecular weight excluding hydrogens is 256 g/mol. The van der Waals surface area contributed by atoms with Crippen LogP contribution in [0.15, 0.2) is 0 Å². The molecule has 1 N–H and O–H groups in total. The Kier molecular flexibility index (Phi) is 6.46. The summed E-state index contributed by atoms with van der Waals surface area (Å²) in [6.45, 7) is 8.01.